The highest BCUT2D eigenvalue weighted by Gasteiger charge is 1.80. The van der Waals surface area contributed by atoms with E-state index in [1.807, 2.05) is 14.1 Å². The van der Waals surface area contributed by atoms with Crippen molar-refractivity contribution in [3.05, 3.63) is 0 Å². The lowest BCUT2D eigenvalue weighted by atomic mass is 10.4. The molecule has 0 saturated heterocycles. The first-order chi connectivity index (χ1) is 6.41. The summed E-state index contributed by atoms with van der Waals surface area (Å²) in [5.74, 6) is 0. The third kappa shape index (κ3) is 11.3. The first-order valence-corrected chi connectivity index (χ1v) is 4.79. The van der Waals surface area contributed by atoms with Crippen LogP contribution < -0.4 is 10.6 Å². The van der Waals surface area contributed by atoms with Crippen LogP contribution in [0.2, 0.25) is 0 Å². The van der Waals surface area contributed by atoms with Crippen LogP contribution in [0.25, 0.3) is 0 Å². The van der Waals surface area contributed by atoms with Gasteiger partial charge < -0.3 is 10.6 Å². The van der Waals surface area contributed by atoms with E-state index in [2.05, 4.69) is 26.6 Å². The summed E-state index contributed by atoms with van der Waals surface area (Å²) in [4.78, 5) is 8.06. The van der Waals surface area contributed by atoms with Crippen LogP contribution >= 0.6 is 0 Å². The molecule has 0 aromatic rings. The van der Waals surface area contributed by atoms with E-state index in [1.165, 1.54) is 0 Å². The van der Waals surface area contributed by atoms with Crippen LogP contribution in [0.15, 0.2) is 9.98 Å². The Bertz CT molecular complexity index is 136. The van der Waals surface area contributed by atoms with Gasteiger partial charge in [-0.3, -0.25) is 0 Å². The maximum absolute atomic E-state index is 4.03. The fourth-order valence-corrected chi connectivity index (χ4v) is 0.820. The van der Waals surface area contributed by atoms with E-state index in [0.29, 0.717) is 0 Å². The molecular weight excluding hydrogens is 164 g/mol. The average Bonchev–Trinajstić information content (AvgIpc) is 2.16. The molecule has 4 nitrogen and oxygen atoms in total. The lowest BCUT2D eigenvalue weighted by Crippen LogP contribution is -2.08. The molecule has 0 aromatic heterocycles. The van der Waals surface area contributed by atoms with Gasteiger partial charge in [-0.1, -0.05) is 0 Å². The Hall–Kier alpha value is -0.700. The highest BCUT2D eigenvalue weighted by Crippen LogP contribution is 1.78. The molecule has 0 saturated carbocycles. The van der Waals surface area contributed by atoms with Crippen molar-refractivity contribution in [2.75, 3.05) is 40.3 Å². The molecule has 0 fully saturated rings. The third-order valence-corrected chi connectivity index (χ3v) is 1.53. The van der Waals surface area contributed by atoms with Gasteiger partial charge in [-0.2, -0.15) is 0 Å². The standard InChI is InChI=1S/C9H20N4/c1-10-5-3-7-12-9-13-8-4-6-11-2/h10-11H,3-8H2,1-2H3. The Morgan fingerprint density at radius 3 is 1.77 bits per heavy atom. The molecule has 0 unspecified atom stereocenters. The first-order valence-electron chi connectivity index (χ1n) is 4.79. The minimum absolute atomic E-state index is 0.816. The van der Waals surface area contributed by atoms with Gasteiger partial charge in [0.2, 0.25) is 0 Å². The van der Waals surface area contributed by atoms with Crippen molar-refractivity contribution in [3.63, 3.8) is 0 Å². The summed E-state index contributed by atoms with van der Waals surface area (Å²) >= 11 is 0. The van der Waals surface area contributed by atoms with Gasteiger partial charge in [0, 0.05) is 0 Å². The van der Waals surface area contributed by atoms with Crippen molar-refractivity contribution in [1.29, 1.82) is 0 Å². The Labute approximate surface area is 80.5 Å². The largest absolute Gasteiger partial charge is 0.320 e. The number of hydrogen-bond donors (Lipinski definition) is 2. The van der Waals surface area contributed by atoms with Crippen LogP contribution in [-0.2, 0) is 0 Å². The number of nitrogens with zero attached hydrogens (tertiary/aromatic N) is 2. The number of rotatable bonds is 8. The van der Waals surface area contributed by atoms with Crippen LogP contribution in [0, 0.1) is 0 Å². The van der Waals surface area contributed by atoms with Crippen molar-refractivity contribution in [3.8, 4) is 0 Å². The SMILES string of the molecule is CNCCCN=C=NCCCNC. The molecule has 0 aromatic carbocycles. The summed E-state index contributed by atoms with van der Waals surface area (Å²) in [5.41, 5.74) is 0. The summed E-state index contributed by atoms with van der Waals surface area (Å²) in [5, 5.41) is 6.12. The molecule has 2 N–H and O–H groups in total. The molecule has 0 heterocycles. The maximum atomic E-state index is 4.03. The highest BCUT2D eigenvalue weighted by atomic mass is 14.8. The molecule has 0 amide bonds. The lowest BCUT2D eigenvalue weighted by Gasteiger charge is -1.92. The van der Waals surface area contributed by atoms with Crippen molar-refractivity contribution >= 4 is 6.01 Å². The topological polar surface area (TPSA) is 48.8 Å². The molecular formula is C9H20N4. The van der Waals surface area contributed by atoms with Gasteiger partial charge in [-0.15, -0.1) is 0 Å². The van der Waals surface area contributed by atoms with Gasteiger partial charge in [0.05, 0.1) is 19.1 Å². The monoisotopic (exact) mass is 184 g/mol. The lowest BCUT2D eigenvalue weighted by molar-refractivity contribution is 0.730. The molecule has 0 aliphatic carbocycles. The summed E-state index contributed by atoms with van der Waals surface area (Å²) in [7, 11) is 3.88. The van der Waals surface area contributed by atoms with Crippen LogP contribution in [0.5, 0.6) is 0 Å². The van der Waals surface area contributed by atoms with Crippen LogP contribution in [0.4, 0.5) is 0 Å². The minimum Gasteiger partial charge on any atom is -0.320 e. The molecule has 0 bridgehead atoms. The summed E-state index contributed by atoms with van der Waals surface area (Å²) < 4.78 is 0. The number of aliphatic imine (C=N–C) groups is 2. The van der Waals surface area contributed by atoms with E-state index in [1.54, 1.807) is 0 Å². The fourth-order valence-electron chi connectivity index (χ4n) is 0.820. The highest BCUT2D eigenvalue weighted by molar-refractivity contribution is 5.40. The smallest absolute Gasteiger partial charge is 0.0892 e. The van der Waals surface area contributed by atoms with Gasteiger partial charge in [0.25, 0.3) is 0 Å². The van der Waals surface area contributed by atoms with Crippen LogP contribution in [0.3, 0.4) is 0 Å². The van der Waals surface area contributed by atoms with Gasteiger partial charge in [0.15, 0.2) is 0 Å². The van der Waals surface area contributed by atoms with Gasteiger partial charge >= 0.3 is 0 Å². The van der Waals surface area contributed by atoms with Crippen LogP contribution in [0.1, 0.15) is 12.8 Å². The summed E-state index contributed by atoms with van der Waals surface area (Å²) in [6.07, 6.45) is 2.10. The van der Waals surface area contributed by atoms with Gasteiger partial charge in [0.1, 0.15) is 0 Å². The van der Waals surface area contributed by atoms with E-state index in [4.69, 9.17) is 0 Å². The van der Waals surface area contributed by atoms with Crippen molar-refractivity contribution < 1.29 is 0 Å². The second-order valence-electron chi connectivity index (χ2n) is 2.78. The molecule has 4 heteroatoms. The normalized spacial score (nSPS) is 9.38. The zero-order valence-electron chi connectivity index (χ0n) is 8.64. The third-order valence-electron chi connectivity index (χ3n) is 1.53. The Kier molecular flexibility index (Phi) is 10.7. The summed E-state index contributed by atoms with van der Waals surface area (Å²) in [6, 6.07) is 2.70. The summed E-state index contributed by atoms with van der Waals surface area (Å²) in [6.45, 7) is 3.64. The van der Waals surface area contributed by atoms with E-state index in [-0.39, 0.29) is 0 Å². The Morgan fingerprint density at radius 2 is 1.38 bits per heavy atom. The Balaban J connectivity index is 3.16. The zero-order valence-corrected chi connectivity index (χ0v) is 8.64. The number of hydrogen-bond acceptors (Lipinski definition) is 4. The zero-order chi connectivity index (χ0) is 9.78. The van der Waals surface area contributed by atoms with E-state index < -0.39 is 0 Å². The number of nitrogens with one attached hydrogen (secondary N) is 2. The molecule has 0 rings (SSSR count). The van der Waals surface area contributed by atoms with E-state index in [0.717, 1.165) is 39.0 Å². The first kappa shape index (κ1) is 12.3. The molecule has 76 valence electrons. The molecule has 0 radical (unpaired) electrons. The molecule has 13 heavy (non-hydrogen) atoms. The average molecular weight is 184 g/mol. The van der Waals surface area contributed by atoms with Crippen molar-refractivity contribution in [2.24, 2.45) is 9.98 Å². The maximum Gasteiger partial charge on any atom is 0.0892 e. The van der Waals surface area contributed by atoms with Gasteiger partial charge in [-0.05, 0) is 40.0 Å². The van der Waals surface area contributed by atoms with Gasteiger partial charge in [-0.25, -0.2) is 9.98 Å². The Morgan fingerprint density at radius 1 is 0.923 bits per heavy atom. The van der Waals surface area contributed by atoms with Crippen LogP contribution in [-0.4, -0.2) is 46.3 Å². The minimum atomic E-state index is 0.816. The van der Waals surface area contributed by atoms with E-state index >= 15 is 0 Å². The predicted octanol–water partition coefficient (Wildman–Crippen LogP) is 0.379. The molecule has 0 atom stereocenters. The van der Waals surface area contributed by atoms with E-state index in [9.17, 15) is 0 Å². The second kappa shape index (κ2) is 11.3. The predicted molar refractivity (Wildman–Crippen MR) is 56.7 cm³/mol. The second-order valence-corrected chi connectivity index (χ2v) is 2.78. The molecule has 0 aliphatic heterocycles. The van der Waals surface area contributed by atoms with Crippen molar-refractivity contribution in [1.82, 2.24) is 10.6 Å². The molecule has 0 aliphatic rings. The molecule has 0 spiro atoms. The quantitative estimate of drug-likeness (QED) is 0.423. The fraction of sp³-hybridized carbons (Fsp3) is 0.889. The van der Waals surface area contributed by atoms with Crippen molar-refractivity contribution in [2.45, 2.75) is 12.8 Å².